The van der Waals surface area contributed by atoms with E-state index in [2.05, 4.69) is 29.0 Å². The molecule has 0 amide bonds. The van der Waals surface area contributed by atoms with Crippen molar-refractivity contribution in [1.82, 2.24) is 4.98 Å². The topological polar surface area (TPSA) is 28.2 Å². The summed E-state index contributed by atoms with van der Waals surface area (Å²) in [5, 5.41) is 4.06. The van der Waals surface area contributed by atoms with Gasteiger partial charge in [0.25, 0.3) is 0 Å². The van der Waals surface area contributed by atoms with Gasteiger partial charge in [-0.15, -0.1) is 0 Å². The molecule has 0 bridgehead atoms. The van der Waals surface area contributed by atoms with Crippen molar-refractivity contribution < 1.29 is 0 Å². The normalized spacial score (nSPS) is 12.4. The Morgan fingerprint density at radius 1 is 1.44 bits per heavy atom. The molecule has 0 aliphatic rings. The highest BCUT2D eigenvalue weighted by Crippen LogP contribution is 2.31. The lowest BCUT2D eigenvalue weighted by Gasteiger charge is -2.26. The van der Waals surface area contributed by atoms with Crippen LogP contribution in [0, 0.1) is 0 Å². The van der Waals surface area contributed by atoms with E-state index in [4.69, 9.17) is 23.2 Å². The molecule has 0 aromatic carbocycles. The first-order valence-corrected chi connectivity index (χ1v) is 6.03. The van der Waals surface area contributed by atoms with Crippen LogP contribution in [-0.4, -0.2) is 25.1 Å². The van der Waals surface area contributed by atoms with Crippen LogP contribution in [0.1, 0.15) is 20.3 Å². The van der Waals surface area contributed by atoms with E-state index in [1.54, 1.807) is 13.1 Å². The van der Waals surface area contributed by atoms with Crippen LogP contribution in [0.25, 0.3) is 0 Å². The number of aromatic nitrogens is 1. The van der Waals surface area contributed by atoms with Crippen molar-refractivity contribution in [2.24, 2.45) is 0 Å². The van der Waals surface area contributed by atoms with Crippen LogP contribution in [0.5, 0.6) is 0 Å². The summed E-state index contributed by atoms with van der Waals surface area (Å²) < 4.78 is 0. The second kappa shape index (κ2) is 5.60. The molecule has 0 saturated heterocycles. The average molecular weight is 262 g/mol. The van der Waals surface area contributed by atoms with Crippen molar-refractivity contribution >= 4 is 34.8 Å². The van der Waals surface area contributed by atoms with Crippen LogP contribution >= 0.6 is 23.2 Å². The molecule has 90 valence electrons. The van der Waals surface area contributed by atoms with E-state index in [9.17, 15) is 0 Å². The Labute approximate surface area is 107 Å². The summed E-state index contributed by atoms with van der Waals surface area (Å²) in [6.45, 7) is 4.26. The summed E-state index contributed by atoms with van der Waals surface area (Å²) >= 11 is 12.1. The Bertz CT molecular complexity index is 368. The first kappa shape index (κ1) is 13.4. The summed E-state index contributed by atoms with van der Waals surface area (Å²) in [4.78, 5) is 6.47. The number of halogens is 2. The smallest absolute Gasteiger partial charge is 0.149 e. The highest BCUT2D eigenvalue weighted by Gasteiger charge is 2.15. The predicted molar refractivity (Wildman–Crippen MR) is 72.0 cm³/mol. The van der Waals surface area contributed by atoms with Crippen LogP contribution < -0.4 is 10.2 Å². The third-order valence-corrected chi connectivity index (χ3v) is 3.30. The van der Waals surface area contributed by atoms with Crippen LogP contribution in [-0.2, 0) is 0 Å². The number of anilines is 2. The molecule has 0 fully saturated rings. The number of nitrogens with one attached hydrogen (secondary N) is 1. The standard InChI is InChI=1S/C11H17Cl2N3/c1-5-7(2)16(4)11-9(13)6-8(12)10(14-3)15-11/h6-7H,5H2,1-4H3,(H,14,15). The molecule has 1 aromatic rings. The highest BCUT2D eigenvalue weighted by molar-refractivity contribution is 6.37. The van der Waals surface area contributed by atoms with Gasteiger partial charge in [0.1, 0.15) is 11.6 Å². The lowest BCUT2D eigenvalue weighted by Crippen LogP contribution is -2.29. The molecule has 3 nitrogen and oxygen atoms in total. The lowest BCUT2D eigenvalue weighted by atomic mass is 10.2. The first-order valence-electron chi connectivity index (χ1n) is 5.27. The van der Waals surface area contributed by atoms with Crippen molar-refractivity contribution in [2.45, 2.75) is 26.3 Å². The van der Waals surface area contributed by atoms with Crippen molar-refractivity contribution in [3.8, 4) is 0 Å². The Balaban J connectivity index is 3.13. The van der Waals surface area contributed by atoms with Gasteiger partial charge in [-0.05, 0) is 19.4 Å². The number of hydrogen-bond donors (Lipinski definition) is 1. The quantitative estimate of drug-likeness (QED) is 0.897. The second-order valence-electron chi connectivity index (χ2n) is 3.74. The SMILES string of the molecule is CCC(C)N(C)c1nc(NC)c(Cl)cc1Cl. The minimum Gasteiger partial charge on any atom is -0.372 e. The third-order valence-electron chi connectivity index (χ3n) is 2.73. The lowest BCUT2D eigenvalue weighted by molar-refractivity contribution is 0.657. The maximum absolute atomic E-state index is 6.14. The Hall–Kier alpha value is -0.670. The number of nitrogens with zero attached hydrogens (tertiary/aromatic N) is 2. The third kappa shape index (κ3) is 2.71. The number of hydrogen-bond acceptors (Lipinski definition) is 3. The predicted octanol–water partition coefficient (Wildman–Crippen LogP) is 3.66. The molecule has 16 heavy (non-hydrogen) atoms. The molecule has 0 radical (unpaired) electrons. The van der Waals surface area contributed by atoms with E-state index in [-0.39, 0.29) is 0 Å². The Morgan fingerprint density at radius 2 is 2.06 bits per heavy atom. The van der Waals surface area contributed by atoms with E-state index in [0.29, 0.717) is 21.9 Å². The van der Waals surface area contributed by atoms with Crippen LogP contribution in [0.15, 0.2) is 6.07 Å². The van der Waals surface area contributed by atoms with Gasteiger partial charge in [-0.1, -0.05) is 30.1 Å². The molecular formula is C11H17Cl2N3. The molecule has 1 atom stereocenters. The van der Waals surface area contributed by atoms with Crippen LogP contribution in [0.3, 0.4) is 0 Å². The number of rotatable bonds is 4. The molecule has 1 N–H and O–H groups in total. The largest absolute Gasteiger partial charge is 0.372 e. The summed E-state index contributed by atoms with van der Waals surface area (Å²) in [5.41, 5.74) is 0. The fourth-order valence-electron chi connectivity index (χ4n) is 1.36. The van der Waals surface area contributed by atoms with E-state index in [1.807, 2.05) is 7.05 Å². The summed E-state index contributed by atoms with van der Waals surface area (Å²) in [5.74, 6) is 1.40. The molecule has 0 spiro atoms. The minimum absolute atomic E-state index is 0.385. The Kier molecular flexibility index (Phi) is 4.69. The zero-order valence-corrected chi connectivity index (χ0v) is 11.5. The zero-order chi connectivity index (χ0) is 12.3. The molecule has 1 heterocycles. The van der Waals surface area contributed by atoms with Gasteiger partial charge >= 0.3 is 0 Å². The van der Waals surface area contributed by atoms with Gasteiger partial charge in [0.05, 0.1) is 10.0 Å². The summed E-state index contributed by atoms with van der Waals surface area (Å²) in [6, 6.07) is 2.10. The van der Waals surface area contributed by atoms with E-state index >= 15 is 0 Å². The first-order chi connectivity index (χ1) is 7.51. The van der Waals surface area contributed by atoms with Crippen molar-refractivity contribution in [1.29, 1.82) is 0 Å². The molecule has 1 unspecified atom stereocenters. The molecule has 0 saturated carbocycles. The van der Waals surface area contributed by atoms with Gasteiger partial charge in [-0.2, -0.15) is 0 Å². The zero-order valence-electron chi connectivity index (χ0n) is 10.0. The van der Waals surface area contributed by atoms with Crippen molar-refractivity contribution in [2.75, 3.05) is 24.3 Å². The molecular weight excluding hydrogens is 245 g/mol. The fraction of sp³-hybridized carbons (Fsp3) is 0.545. The highest BCUT2D eigenvalue weighted by atomic mass is 35.5. The van der Waals surface area contributed by atoms with Crippen molar-refractivity contribution in [3.05, 3.63) is 16.1 Å². The van der Waals surface area contributed by atoms with E-state index in [0.717, 1.165) is 12.2 Å². The van der Waals surface area contributed by atoms with Crippen molar-refractivity contribution in [3.63, 3.8) is 0 Å². The van der Waals surface area contributed by atoms with Gasteiger partial charge in [-0.25, -0.2) is 4.98 Å². The maximum Gasteiger partial charge on any atom is 0.149 e. The summed E-state index contributed by atoms with van der Waals surface area (Å²) in [6.07, 6.45) is 1.03. The van der Waals surface area contributed by atoms with Gasteiger partial charge in [0.2, 0.25) is 0 Å². The monoisotopic (exact) mass is 261 g/mol. The minimum atomic E-state index is 0.385. The van der Waals surface area contributed by atoms with Crippen LogP contribution in [0.4, 0.5) is 11.6 Å². The van der Waals surface area contributed by atoms with Gasteiger partial charge in [0, 0.05) is 20.1 Å². The fourth-order valence-corrected chi connectivity index (χ4v) is 1.95. The molecule has 0 aliphatic carbocycles. The summed E-state index contributed by atoms with van der Waals surface area (Å²) in [7, 11) is 3.77. The van der Waals surface area contributed by atoms with E-state index < -0.39 is 0 Å². The van der Waals surface area contributed by atoms with Gasteiger partial charge in [0.15, 0.2) is 0 Å². The number of pyridine rings is 1. The molecule has 0 aliphatic heterocycles. The molecule has 5 heteroatoms. The van der Waals surface area contributed by atoms with Gasteiger partial charge < -0.3 is 10.2 Å². The van der Waals surface area contributed by atoms with Gasteiger partial charge in [-0.3, -0.25) is 0 Å². The molecule has 1 aromatic heterocycles. The van der Waals surface area contributed by atoms with Crippen LogP contribution in [0.2, 0.25) is 10.0 Å². The Morgan fingerprint density at radius 3 is 2.56 bits per heavy atom. The van der Waals surface area contributed by atoms with E-state index in [1.165, 1.54) is 0 Å². The maximum atomic E-state index is 6.14. The second-order valence-corrected chi connectivity index (χ2v) is 4.56. The average Bonchev–Trinajstić information content (AvgIpc) is 2.27. The molecule has 1 rings (SSSR count).